The lowest BCUT2D eigenvalue weighted by Crippen LogP contribution is -2.47. The van der Waals surface area contributed by atoms with Gasteiger partial charge in [0.25, 0.3) is 0 Å². The van der Waals surface area contributed by atoms with Gasteiger partial charge in [-0.05, 0) is 33.9 Å². The van der Waals surface area contributed by atoms with E-state index in [4.69, 9.17) is 4.74 Å². The number of likely N-dealkylation sites (N-methyl/N-ethyl adjacent to an activating group) is 1. The zero-order chi connectivity index (χ0) is 7.56. The van der Waals surface area contributed by atoms with E-state index in [0.717, 1.165) is 6.61 Å². The lowest BCUT2D eigenvalue weighted by Gasteiger charge is -2.37. The van der Waals surface area contributed by atoms with Crippen LogP contribution in [0.2, 0.25) is 0 Å². The van der Waals surface area contributed by atoms with Crippen molar-refractivity contribution in [2.75, 3.05) is 20.2 Å². The van der Waals surface area contributed by atoms with Crippen LogP contribution in [0.5, 0.6) is 0 Å². The molecular weight excluding hydrogens is 126 g/mol. The Morgan fingerprint density at radius 2 is 2.30 bits per heavy atom. The molecule has 0 aromatic heterocycles. The van der Waals surface area contributed by atoms with Crippen molar-refractivity contribution in [2.24, 2.45) is 0 Å². The first-order valence-electron chi connectivity index (χ1n) is 4.02. The predicted octanol–water partition coefficient (Wildman–Crippen LogP) is 1.12. The summed E-state index contributed by atoms with van der Waals surface area (Å²) in [5.41, 5.74) is 0. The van der Waals surface area contributed by atoms with Gasteiger partial charge in [-0.2, -0.15) is 0 Å². The second-order valence-electron chi connectivity index (χ2n) is 3.31. The molecule has 0 saturated carbocycles. The molecule has 0 aliphatic carbocycles. The summed E-state index contributed by atoms with van der Waals surface area (Å²) in [7, 11) is 2.15. The van der Waals surface area contributed by atoms with Gasteiger partial charge < -0.3 is 9.64 Å². The Morgan fingerprint density at radius 1 is 1.60 bits per heavy atom. The molecule has 1 saturated heterocycles. The summed E-state index contributed by atoms with van der Waals surface area (Å²) in [5, 5.41) is 0. The van der Waals surface area contributed by atoms with Crippen LogP contribution in [0.15, 0.2) is 0 Å². The van der Waals surface area contributed by atoms with Gasteiger partial charge in [-0.1, -0.05) is 0 Å². The van der Waals surface area contributed by atoms with Crippen LogP contribution in [0.4, 0.5) is 0 Å². The van der Waals surface area contributed by atoms with Crippen molar-refractivity contribution >= 4 is 0 Å². The number of likely N-dealkylation sites (tertiary alicyclic amines) is 1. The first-order valence-corrected chi connectivity index (χ1v) is 4.02. The summed E-state index contributed by atoms with van der Waals surface area (Å²) >= 11 is 0. The third-order valence-electron chi connectivity index (χ3n) is 2.06. The molecule has 0 aromatic carbocycles. The highest BCUT2D eigenvalue weighted by molar-refractivity contribution is 4.79. The minimum atomic E-state index is 0.383. The third kappa shape index (κ3) is 1.96. The Kier molecular flexibility index (Phi) is 2.69. The minimum Gasteiger partial charge on any atom is -0.377 e. The van der Waals surface area contributed by atoms with Crippen LogP contribution in [0.1, 0.15) is 20.3 Å². The average molecular weight is 143 g/mol. The van der Waals surface area contributed by atoms with Gasteiger partial charge in [-0.15, -0.1) is 0 Å². The zero-order valence-corrected chi connectivity index (χ0v) is 7.13. The molecule has 1 aliphatic rings. The maximum atomic E-state index is 5.47. The molecule has 0 spiro atoms. The van der Waals surface area contributed by atoms with E-state index in [1.165, 1.54) is 13.0 Å². The smallest absolute Gasteiger partial charge is 0.0625 e. The topological polar surface area (TPSA) is 12.5 Å². The van der Waals surface area contributed by atoms with E-state index in [2.05, 4.69) is 25.8 Å². The summed E-state index contributed by atoms with van der Waals surface area (Å²) in [5.74, 6) is 0. The first-order chi connectivity index (χ1) is 4.70. The molecule has 0 amide bonds. The fourth-order valence-electron chi connectivity index (χ4n) is 1.08. The van der Waals surface area contributed by atoms with Gasteiger partial charge in [0.15, 0.2) is 0 Å². The van der Waals surface area contributed by atoms with E-state index >= 15 is 0 Å². The van der Waals surface area contributed by atoms with Crippen LogP contribution >= 0.6 is 0 Å². The highest BCUT2D eigenvalue weighted by Gasteiger charge is 2.23. The third-order valence-corrected chi connectivity index (χ3v) is 2.06. The van der Waals surface area contributed by atoms with E-state index in [-0.39, 0.29) is 0 Å². The second kappa shape index (κ2) is 3.35. The van der Waals surface area contributed by atoms with Crippen molar-refractivity contribution in [3.05, 3.63) is 0 Å². The van der Waals surface area contributed by atoms with E-state index in [1.54, 1.807) is 0 Å². The molecule has 10 heavy (non-hydrogen) atoms. The van der Waals surface area contributed by atoms with Gasteiger partial charge in [0.1, 0.15) is 0 Å². The van der Waals surface area contributed by atoms with Gasteiger partial charge in [0.05, 0.1) is 12.7 Å². The molecular formula is C8H17NO. The SMILES string of the molecule is CC(C)OC[C@@H]1CCN1C. The average Bonchev–Trinajstić information content (AvgIpc) is 1.84. The summed E-state index contributed by atoms with van der Waals surface area (Å²) < 4.78 is 5.47. The molecule has 60 valence electrons. The zero-order valence-electron chi connectivity index (χ0n) is 7.13. The molecule has 0 aromatic rings. The Morgan fingerprint density at radius 3 is 2.60 bits per heavy atom. The largest absolute Gasteiger partial charge is 0.377 e. The highest BCUT2D eigenvalue weighted by atomic mass is 16.5. The van der Waals surface area contributed by atoms with E-state index in [9.17, 15) is 0 Å². The highest BCUT2D eigenvalue weighted by Crippen LogP contribution is 2.14. The number of hydrogen-bond donors (Lipinski definition) is 0. The monoisotopic (exact) mass is 143 g/mol. The van der Waals surface area contributed by atoms with Crippen LogP contribution in [-0.4, -0.2) is 37.2 Å². The molecule has 1 heterocycles. The maximum Gasteiger partial charge on any atom is 0.0625 e. The second-order valence-corrected chi connectivity index (χ2v) is 3.31. The van der Waals surface area contributed by atoms with Crippen LogP contribution in [0.3, 0.4) is 0 Å². The quantitative estimate of drug-likeness (QED) is 0.587. The molecule has 1 rings (SSSR count). The molecule has 0 radical (unpaired) electrons. The molecule has 1 aliphatic heterocycles. The van der Waals surface area contributed by atoms with E-state index < -0.39 is 0 Å². The normalized spacial score (nSPS) is 27.0. The van der Waals surface area contributed by atoms with Crippen molar-refractivity contribution in [1.29, 1.82) is 0 Å². The van der Waals surface area contributed by atoms with Gasteiger partial charge in [-0.3, -0.25) is 0 Å². The first kappa shape index (κ1) is 8.02. The molecule has 1 atom stereocenters. The number of rotatable bonds is 3. The fraction of sp³-hybridized carbons (Fsp3) is 1.00. The van der Waals surface area contributed by atoms with Crippen LogP contribution in [0, 0.1) is 0 Å². The van der Waals surface area contributed by atoms with Crippen molar-refractivity contribution in [2.45, 2.75) is 32.4 Å². The van der Waals surface area contributed by atoms with Crippen molar-refractivity contribution in [3.8, 4) is 0 Å². The lowest BCUT2D eigenvalue weighted by atomic mass is 10.1. The molecule has 0 bridgehead atoms. The lowest BCUT2D eigenvalue weighted by molar-refractivity contribution is -0.00469. The van der Waals surface area contributed by atoms with Crippen LogP contribution < -0.4 is 0 Å². The molecule has 2 heteroatoms. The molecule has 0 N–H and O–H groups in total. The van der Waals surface area contributed by atoms with Gasteiger partial charge in [-0.25, -0.2) is 0 Å². The summed E-state index contributed by atoms with van der Waals surface area (Å²) in [6.07, 6.45) is 1.69. The fourth-order valence-corrected chi connectivity index (χ4v) is 1.08. The number of hydrogen-bond acceptors (Lipinski definition) is 2. The van der Waals surface area contributed by atoms with Crippen LogP contribution in [-0.2, 0) is 4.74 Å². The van der Waals surface area contributed by atoms with Crippen LogP contribution in [0.25, 0.3) is 0 Å². The minimum absolute atomic E-state index is 0.383. The van der Waals surface area contributed by atoms with Crippen molar-refractivity contribution < 1.29 is 4.74 Å². The molecule has 0 unspecified atom stereocenters. The molecule has 1 fully saturated rings. The number of ether oxygens (including phenoxy) is 1. The Balaban J connectivity index is 2.03. The Hall–Kier alpha value is -0.0800. The van der Waals surface area contributed by atoms with Gasteiger partial charge in [0, 0.05) is 6.04 Å². The standard InChI is InChI=1S/C8H17NO/c1-7(2)10-6-8-4-5-9(8)3/h7-8H,4-6H2,1-3H3/t8-/m0/s1. The predicted molar refractivity (Wildman–Crippen MR) is 42.1 cm³/mol. The van der Waals surface area contributed by atoms with Crippen molar-refractivity contribution in [1.82, 2.24) is 4.90 Å². The van der Waals surface area contributed by atoms with Gasteiger partial charge in [0.2, 0.25) is 0 Å². The van der Waals surface area contributed by atoms with Crippen molar-refractivity contribution in [3.63, 3.8) is 0 Å². The van der Waals surface area contributed by atoms with E-state index in [1.807, 2.05) is 0 Å². The maximum absolute atomic E-state index is 5.47. The summed E-state index contributed by atoms with van der Waals surface area (Å²) in [6, 6.07) is 0.697. The van der Waals surface area contributed by atoms with Gasteiger partial charge >= 0.3 is 0 Å². The summed E-state index contributed by atoms with van der Waals surface area (Å²) in [6.45, 7) is 6.32. The van der Waals surface area contributed by atoms with E-state index in [0.29, 0.717) is 12.1 Å². The Labute approximate surface area is 63.2 Å². The summed E-state index contributed by atoms with van der Waals surface area (Å²) in [4.78, 5) is 2.34. The number of nitrogens with zero attached hydrogens (tertiary/aromatic N) is 1. The Bertz CT molecular complexity index is 103. The molecule has 2 nitrogen and oxygen atoms in total.